The lowest BCUT2D eigenvalue weighted by Crippen LogP contribution is -2.60. The van der Waals surface area contributed by atoms with Gasteiger partial charge in [-0.1, -0.05) is 85.2 Å². The number of likely N-dealkylation sites (N-methyl/N-ethyl adjacent to an activating group) is 2. The van der Waals surface area contributed by atoms with Crippen molar-refractivity contribution in [2.45, 2.75) is 136 Å². The van der Waals surface area contributed by atoms with Crippen LogP contribution in [0, 0.1) is 23.7 Å². The number of nitrogens with zero attached hydrogens (tertiary/aromatic N) is 4. The standard InChI is InChI=1S/C47H72N6O11/c1-12-30(6)42(51(9)46(60)40(28(2)3)49-45(59)41(29(4)5)50(8)36(54)21-17-25-53-37(55)22-23-38(53)56)35(63-10)27-39(57)52-24-16-20-34(52)43(64-11)31(7)44(58)48-33(47(61)62)26-32-18-14-13-15-19-32/h13-15,18-19,22-23,28-31,33-35,40-43H,12,16-17,20-21,24-27H2,1-11H3,(H,48,58)(H,49,59)(H,61,62)/t30-,31+,33-,34-,35+,40-,41-,42-,43+/m0/s1. The largest absolute Gasteiger partial charge is 0.480 e. The Labute approximate surface area is 378 Å². The Morgan fingerprint density at radius 1 is 0.859 bits per heavy atom. The van der Waals surface area contributed by atoms with Gasteiger partial charge in [0, 0.05) is 66.4 Å². The van der Waals surface area contributed by atoms with Gasteiger partial charge in [-0.2, -0.15) is 0 Å². The lowest BCUT2D eigenvalue weighted by Gasteiger charge is -2.41. The number of methoxy groups -OCH3 is 2. The predicted octanol–water partition coefficient (Wildman–Crippen LogP) is 3.05. The van der Waals surface area contributed by atoms with Crippen LogP contribution >= 0.6 is 0 Å². The van der Waals surface area contributed by atoms with Crippen LogP contribution in [0.3, 0.4) is 0 Å². The van der Waals surface area contributed by atoms with Crippen molar-refractivity contribution >= 4 is 47.3 Å². The van der Waals surface area contributed by atoms with E-state index in [1.54, 1.807) is 61.9 Å². The van der Waals surface area contributed by atoms with Crippen LogP contribution in [0.25, 0.3) is 0 Å². The molecular weight excluding hydrogens is 825 g/mol. The number of carboxylic acid groups (broad SMARTS) is 1. The highest BCUT2D eigenvalue weighted by atomic mass is 16.5. The SMILES string of the molecule is CC[C@H](C)[C@@H]([C@@H](CC(=O)N1CCC[C@H]1[C@H](OC)[C@@H](C)C(=O)N[C@@H](Cc1ccccc1)C(=O)O)OC)N(C)C(=O)[C@@H](NC(=O)[C@H](C(C)C)N(C)C(=O)CCCN1C(=O)C=CC1=O)C(C)C. The van der Waals surface area contributed by atoms with Crippen LogP contribution in [0.1, 0.15) is 92.6 Å². The number of carbonyl (C=O) groups is 8. The zero-order chi connectivity index (χ0) is 48.0. The van der Waals surface area contributed by atoms with Crippen molar-refractivity contribution in [3.05, 3.63) is 48.0 Å². The van der Waals surface area contributed by atoms with Crippen molar-refractivity contribution in [1.29, 1.82) is 0 Å². The monoisotopic (exact) mass is 897 g/mol. The van der Waals surface area contributed by atoms with E-state index >= 15 is 0 Å². The molecule has 3 N–H and O–H groups in total. The van der Waals surface area contributed by atoms with E-state index in [0.717, 1.165) is 10.5 Å². The number of carbonyl (C=O) groups excluding carboxylic acids is 7. The van der Waals surface area contributed by atoms with E-state index in [9.17, 15) is 43.5 Å². The number of amides is 7. The molecule has 2 heterocycles. The number of likely N-dealkylation sites (tertiary alicyclic amines) is 1. The predicted molar refractivity (Wildman–Crippen MR) is 239 cm³/mol. The van der Waals surface area contributed by atoms with Gasteiger partial charge in [-0.05, 0) is 42.6 Å². The second-order valence-corrected chi connectivity index (χ2v) is 17.9. The third kappa shape index (κ3) is 13.7. The molecule has 356 valence electrons. The summed E-state index contributed by atoms with van der Waals surface area (Å²) in [7, 11) is 6.12. The van der Waals surface area contributed by atoms with Crippen molar-refractivity contribution < 1.29 is 52.9 Å². The Bertz CT molecular complexity index is 1800. The zero-order valence-corrected chi connectivity index (χ0v) is 39.6. The van der Waals surface area contributed by atoms with Crippen LogP contribution in [0.4, 0.5) is 0 Å². The molecule has 0 saturated carbocycles. The van der Waals surface area contributed by atoms with E-state index in [1.165, 1.54) is 38.3 Å². The van der Waals surface area contributed by atoms with Crippen LogP contribution in [0.5, 0.6) is 0 Å². The maximum Gasteiger partial charge on any atom is 0.326 e. The molecule has 1 aromatic carbocycles. The quantitative estimate of drug-likeness (QED) is 0.122. The number of carboxylic acids is 1. The van der Waals surface area contributed by atoms with Gasteiger partial charge in [0.25, 0.3) is 11.8 Å². The first-order chi connectivity index (χ1) is 30.2. The molecule has 0 unspecified atom stereocenters. The van der Waals surface area contributed by atoms with Gasteiger partial charge < -0.3 is 39.9 Å². The van der Waals surface area contributed by atoms with Gasteiger partial charge in [0.1, 0.15) is 18.1 Å². The number of hydrogen-bond donors (Lipinski definition) is 3. The molecule has 7 amide bonds. The molecule has 1 saturated heterocycles. The van der Waals surface area contributed by atoms with Crippen LogP contribution in [-0.2, 0) is 54.3 Å². The zero-order valence-electron chi connectivity index (χ0n) is 39.6. The molecule has 1 aromatic rings. The summed E-state index contributed by atoms with van der Waals surface area (Å²) in [6, 6.07) is 4.86. The molecule has 1 fully saturated rings. The Hall–Kier alpha value is -5.16. The molecular formula is C47H72N6O11. The molecule has 0 radical (unpaired) electrons. The average molecular weight is 897 g/mol. The Kier molecular flexibility index (Phi) is 20.6. The van der Waals surface area contributed by atoms with Crippen molar-refractivity contribution in [3.63, 3.8) is 0 Å². The lowest BCUT2D eigenvalue weighted by atomic mass is 9.89. The summed E-state index contributed by atoms with van der Waals surface area (Å²) in [5.41, 5.74) is 0.760. The minimum Gasteiger partial charge on any atom is -0.480 e. The molecule has 2 aliphatic heterocycles. The van der Waals surface area contributed by atoms with E-state index in [1.807, 2.05) is 33.8 Å². The van der Waals surface area contributed by atoms with Gasteiger partial charge in [0.05, 0.1) is 36.6 Å². The van der Waals surface area contributed by atoms with Crippen LogP contribution in [0.2, 0.25) is 0 Å². The third-order valence-corrected chi connectivity index (χ3v) is 12.8. The second kappa shape index (κ2) is 24.8. The maximum atomic E-state index is 14.5. The average Bonchev–Trinajstić information content (AvgIpc) is 3.87. The molecule has 9 atom stereocenters. The first kappa shape index (κ1) is 53.2. The number of rotatable bonds is 25. The van der Waals surface area contributed by atoms with Crippen LogP contribution < -0.4 is 10.6 Å². The number of hydrogen-bond acceptors (Lipinski definition) is 10. The van der Waals surface area contributed by atoms with Gasteiger partial charge in [-0.15, -0.1) is 0 Å². The first-order valence-corrected chi connectivity index (χ1v) is 22.5. The van der Waals surface area contributed by atoms with Crippen molar-refractivity contribution in [2.75, 3.05) is 41.4 Å². The molecule has 0 bridgehead atoms. The number of ether oxygens (including phenoxy) is 2. The summed E-state index contributed by atoms with van der Waals surface area (Å²) in [4.78, 5) is 111. The third-order valence-electron chi connectivity index (χ3n) is 12.8. The molecule has 2 aliphatic rings. The Morgan fingerprint density at radius 3 is 2.02 bits per heavy atom. The smallest absolute Gasteiger partial charge is 0.326 e. The Morgan fingerprint density at radius 2 is 1.48 bits per heavy atom. The molecule has 0 aromatic heterocycles. The van der Waals surface area contributed by atoms with Gasteiger partial charge in [0.2, 0.25) is 29.5 Å². The van der Waals surface area contributed by atoms with Gasteiger partial charge >= 0.3 is 5.97 Å². The van der Waals surface area contributed by atoms with Crippen molar-refractivity contribution in [1.82, 2.24) is 30.2 Å². The van der Waals surface area contributed by atoms with E-state index in [2.05, 4.69) is 10.6 Å². The maximum absolute atomic E-state index is 14.5. The number of nitrogens with one attached hydrogen (secondary N) is 2. The van der Waals surface area contributed by atoms with Crippen LogP contribution in [-0.4, -0.2) is 156 Å². The highest BCUT2D eigenvalue weighted by Crippen LogP contribution is 2.30. The lowest BCUT2D eigenvalue weighted by molar-refractivity contribution is -0.149. The summed E-state index contributed by atoms with van der Waals surface area (Å²) in [6.07, 6.45) is 2.96. The van der Waals surface area contributed by atoms with E-state index < -0.39 is 83.8 Å². The van der Waals surface area contributed by atoms with Crippen molar-refractivity contribution in [3.8, 4) is 0 Å². The first-order valence-electron chi connectivity index (χ1n) is 22.5. The number of benzene rings is 1. The minimum absolute atomic E-state index is 0.00584. The fraction of sp³-hybridized carbons (Fsp3) is 0.660. The molecule has 0 spiro atoms. The minimum atomic E-state index is -1.17. The molecule has 0 aliphatic carbocycles. The van der Waals surface area contributed by atoms with Crippen LogP contribution in [0.15, 0.2) is 42.5 Å². The number of aliphatic carboxylic acids is 1. The molecule has 64 heavy (non-hydrogen) atoms. The Balaban J connectivity index is 1.75. The number of imide groups is 1. The van der Waals surface area contributed by atoms with E-state index in [0.29, 0.717) is 25.8 Å². The summed E-state index contributed by atoms with van der Waals surface area (Å²) in [5, 5.41) is 15.5. The van der Waals surface area contributed by atoms with Gasteiger partial charge in [0.15, 0.2) is 0 Å². The summed E-state index contributed by atoms with van der Waals surface area (Å²) < 4.78 is 11.9. The summed E-state index contributed by atoms with van der Waals surface area (Å²) in [6.45, 7) is 13.3. The molecule has 17 heteroatoms. The molecule has 3 rings (SSSR count). The van der Waals surface area contributed by atoms with Crippen molar-refractivity contribution in [2.24, 2.45) is 23.7 Å². The molecule has 17 nitrogen and oxygen atoms in total. The summed E-state index contributed by atoms with van der Waals surface area (Å²) in [5.74, 6) is -5.68. The topological polar surface area (TPSA) is 212 Å². The normalized spacial score (nSPS) is 18.9. The van der Waals surface area contributed by atoms with Gasteiger partial charge in [-0.3, -0.25) is 38.5 Å². The fourth-order valence-corrected chi connectivity index (χ4v) is 8.93. The fourth-order valence-electron chi connectivity index (χ4n) is 8.93. The van der Waals surface area contributed by atoms with E-state index in [4.69, 9.17) is 9.47 Å². The second-order valence-electron chi connectivity index (χ2n) is 17.9. The highest BCUT2D eigenvalue weighted by Gasteiger charge is 2.44. The van der Waals surface area contributed by atoms with E-state index in [-0.39, 0.29) is 61.8 Å². The highest BCUT2D eigenvalue weighted by molar-refractivity contribution is 6.12. The van der Waals surface area contributed by atoms with Gasteiger partial charge in [-0.25, -0.2) is 4.79 Å². The summed E-state index contributed by atoms with van der Waals surface area (Å²) >= 11 is 0.